The first-order valence-electron chi connectivity index (χ1n) is 6.75. The van der Waals surface area contributed by atoms with Crippen LogP contribution in [-0.2, 0) is 0 Å². The minimum absolute atomic E-state index is 0.430. The molecule has 0 aliphatic rings. The van der Waals surface area contributed by atoms with E-state index in [1.807, 2.05) is 0 Å². The Hall–Kier alpha value is -2.63. The van der Waals surface area contributed by atoms with Gasteiger partial charge >= 0.3 is 7.66 Å². The Bertz CT molecular complexity index is 729. The number of benzene rings is 2. The molecule has 7 nitrogen and oxygen atoms in total. The molecule has 0 aliphatic carbocycles. The van der Waals surface area contributed by atoms with Crippen molar-refractivity contribution in [3.63, 3.8) is 0 Å². The second-order valence-corrected chi connectivity index (χ2v) is 6.10. The Labute approximate surface area is 134 Å². The molecule has 23 heavy (non-hydrogen) atoms. The molecule has 0 aromatic heterocycles. The average Bonchev–Trinajstić information content (AvgIpc) is 2.54. The van der Waals surface area contributed by atoms with Gasteiger partial charge in [-0.15, -0.1) is 0 Å². The number of nitrogens with two attached hydrogens (primary N) is 1. The van der Waals surface area contributed by atoms with E-state index in [9.17, 15) is 0 Å². The quantitative estimate of drug-likeness (QED) is 0.354. The van der Waals surface area contributed by atoms with Crippen LogP contribution < -0.4 is 20.0 Å². The van der Waals surface area contributed by atoms with Crippen LogP contribution in [0.25, 0.3) is 0 Å². The molecule has 1 atom stereocenters. The summed E-state index contributed by atoms with van der Waals surface area (Å²) in [6.45, 7) is 0. The maximum atomic E-state index is 8.03. The lowest BCUT2D eigenvalue weighted by Gasteiger charge is -2.18. The predicted octanol–water partition coefficient (Wildman–Crippen LogP) is 3.18. The highest BCUT2D eigenvalue weighted by molar-refractivity contribution is 7.53. The van der Waals surface area contributed by atoms with E-state index in [1.165, 1.54) is 6.21 Å². The fourth-order valence-electron chi connectivity index (χ4n) is 1.71. The number of hydrogen-bond donors (Lipinski definition) is 4. The summed E-state index contributed by atoms with van der Waals surface area (Å²) in [5, 5.41) is 19.1. The lowest BCUT2D eigenvalue weighted by Crippen LogP contribution is -2.08. The molecule has 2 rings (SSSR count). The lowest BCUT2D eigenvalue weighted by molar-refractivity contribution is 0.472. The highest BCUT2D eigenvalue weighted by Gasteiger charge is 2.16. The Balaban J connectivity index is 2.03. The minimum Gasteiger partial charge on any atom is -0.419 e. The summed E-state index contributed by atoms with van der Waals surface area (Å²) in [5.41, 5.74) is 10.1. The minimum atomic E-state index is -3.30. The van der Waals surface area contributed by atoms with E-state index in [1.54, 1.807) is 61.8 Å². The van der Waals surface area contributed by atoms with Gasteiger partial charge in [-0.2, -0.15) is 5.10 Å². The van der Waals surface area contributed by atoms with Crippen molar-refractivity contribution >= 4 is 20.1 Å². The SMILES string of the molecule is CN/N=C/c1ccc(OP(=N)(N)Oc2ccc(C=N)cc2)cc1. The van der Waals surface area contributed by atoms with Gasteiger partial charge in [0.15, 0.2) is 0 Å². The molecule has 0 aliphatic heterocycles. The largest absolute Gasteiger partial charge is 0.419 e. The van der Waals surface area contributed by atoms with Gasteiger partial charge in [0.2, 0.25) is 0 Å². The summed E-state index contributed by atoms with van der Waals surface area (Å²) >= 11 is 0. The van der Waals surface area contributed by atoms with Gasteiger partial charge in [-0.1, -0.05) is 0 Å². The van der Waals surface area contributed by atoms with Crippen molar-refractivity contribution in [3.8, 4) is 11.5 Å². The van der Waals surface area contributed by atoms with Crippen molar-refractivity contribution in [2.24, 2.45) is 10.6 Å². The van der Waals surface area contributed by atoms with Crippen molar-refractivity contribution < 1.29 is 9.05 Å². The number of hydrazone groups is 1. The van der Waals surface area contributed by atoms with Crippen molar-refractivity contribution in [1.82, 2.24) is 5.43 Å². The molecule has 0 heterocycles. The van der Waals surface area contributed by atoms with E-state index in [-0.39, 0.29) is 0 Å². The van der Waals surface area contributed by atoms with Crippen LogP contribution in [-0.4, -0.2) is 19.5 Å². The lowest BCUT2D eigenvalue weighted by atomic mass is 10.2. The summed E-state index contributed by atoms with van der Waals surface area (Å²) in [5.74, 6) is 0.882. The van der Waals surface area contributed by atoms with Gasteiger partial charge in [0, 0.05) is 13.3 Å². The topological polar surface area (TPSA) is 117 Å². The van der Waals surface area contributed by atoms with Crippen LogP contribution in [0.5, 0.6) is 11.5 Å². The van der Waals surface area contributed by atoms with E-state index in [0.717, 1.165) is 11.1 Å². The maximum absolute atomic E-state index is 8.03. The molecule has 0 saturated carbocycles. The molecule has 0 spiro atoms. The van der Waals surface area contributed by atoms with Crippen molar-refractivity contribution in [3.05, 3.63) is 59.7 Å². The average molecular weight is 331 g/mol. The van der Waals surface area contributed by atoms with Gasteiger partial charge in [0.25, 0.3) is 0 Å². The highest BCUT2D eigenvalue weighted by Crippen LogP contribution is 2.41. The smallest absolute Gasteiger partial charge is 0.388 e. The fraction of sp³-hybridized carbons (Fsp3) is 0.0667. The number of hydrogen-bond acceptors (Lipinski definition) is 6. The zero-order valence-corrected chi connectivity index (χ0v) is 13.5. The third kappa shape index (κ3) is 5.25. The molecular weight excluding hydrogens is 313 g/mol. The molecule has 0 bridgehead atoms. The zero-order valence-electron chi connectivity index (χ0n) is 12.6. The second kappa shape index (κ2) is 7.58. The third-order valence-electron chi connectivity index (χ3n) is 2.75. The van der Waals surface area contributed by atoms with E-state index in [2.05, 4.69) is 10.5 Å². The summed E-state index contributed by atoms with van der Waals surface area (Å²) < 4.78 is 10.9. The highest BCUT2D eigenvalue weighted by atomic mass is 31.2. The molecular formula is C15H18N5O2P. The Morgan fingerprint density at radius 2 is 1.48 bits per heavy atom. The van der Waals surface area contributed by atoms with Gasteiger partial charge in [0.05, 0.1) is 6.21 Å². The molecule has 5 N–H and O–H groups in total. The van der Waals surface area contributed by atoms with Gasteiger partial charge in [-0.3, -0.25) is 0 Å². The van der Waals surface area contributed by atoms with Crippen LogP contribution in [0.1, 0.15) is 11.1 Å². The number of nitrogens with zero attached hydrogens (tertiary/aromatic N) is 1. The first-order chi connectivity index (χ1) is 11.0. The normalized spacial score (nSPS) is 13.3. The van der Waals surface area contributed by atoms with Crippen LogP contribution >= 0.6 is 7.66 Å². The Kier molecular flexibility index (Phi) is 5.51. The first kappa shape index (κ1) is 16.7. The monoisotopic (exact) mass is 331 g/mol. The van der Waals surface area contributed by atoms with E-state index in [0.29, 0.717) is 11.5 Å². The van der Waals surface area contributed by atoms with Crippen molar-refractivity contribution in [1.29, 1.82) is 10.6 Å². The molecule has 0 radical (unpaired) electrons. The second-order valence-electron chi connectivity index (χ2n) is 4.54. The number of rotatable bonds is 7. The van der Waals surface area contributed by atoms with Crippen LogP contribution in [0, 0.1) is 10.6 Å². The molecule has 0 saturated heterocycles. The van der Waals surface area contributed by atoms with Gasteiger partial charge in [-0.25, -0.2) is 10.7 Å². The van der Waals surface area contributed by atoms with Crippen molar-refractivity contribution in [2.75, 3.05) is 7.05 Å². The molecule has 2 aromatic rings. The number of nitrogens with one attached hydrogen (secondary N) is 3. The Morgan fingerprint density at radius 1 is 1.00 bits per heavy atom. The standard InChI is InChI=1S/C15H18N5O2P/c1-19-20-11-13-4-8-15(9-5-13)22-23(17,18)21-14-6-2-12(10-16)3-7-14/h2-11,16,19H,1H3,(H3,17,18)/b16-10?,20-11+. The van der Waals surface area contributed by atoms with Crippen LogP contribution in [0.4, 0.5) is 0 Å². The molecule has 8 heteroatoms. The molecule has 2 aromatic carbocycles. The van der Waals surface area contributed by atoms with Gasteiger partial charge in [-0.05, 0) is 59.7 Å². The van der Waals surface area contributed by atoms with Crippen LogP contribution in [0.3, 0.4) is 0 Å². The maximum Gasteiger partial charge on any atom is 0.388 e. The van der Waals surface area contributed by atoms with E-state index < -0.39 is 7.66 Å². The van der Waals surface area contributed by atoms with E-state index in [4.69, 9.17) is 25.1 Å². The zero-order chi connectivity index (χ0) is 16.7. The van der Waals surface area contributed by atoms with E-state index >= 15 is 0 Å². The van der Waals surface area contributed by atoms with Gasteiger partial charge < -0.3 is 19.9 Å². The first-order valence-corrected chi connectivity index (χ1v) is 8.44. The Morgan fingerprint density at radius 3 is 1.91 bits per heavy atom. The molecule has 120 valence electrons. The summed E-state index contributed by atoms with van der Waals surface area (Å²) in [7, 11) is -1.58. The van der Waals surface area contributed by atoms with Gasteiger partial charge in [0.1, 0.15) is 11.5 Å². The molecule has 0 fully saturated rings. The third-order valence-corrected chi connectivity index (χ3v) is 3.72. The molecule has 1 unspecified atom stereocenters. The fourth-order valence-corrected chi connectivity index (χ4v) is 2.62. The summed E-state index contributed by atoms with van der Waals surface area (Å²) in [6, 6.07) is 13.7. The predicted molar refractivity (Wildman–Crippen MR) is 92.5 cm³/mol. The summed E-state index contributed by atoms with van der Waals surface area (Å²) in [6.07, 6.45) is 2.89. The molecule has 0 amide bonds. The van der Waals surface area contributed by atoms with Crippen molar-refractivity contribution in [2.45, 2.75) is 0 Å². The summed E-state index contributed by atoms with van der Waals surface area (Å²) in [4.78, 5) is 0. The van der Waals surface area contributed by atoms with Crippen LogP contribution in [0.15, 0.2) is 53.6 Å². The van der Waals surface area contributed by atoms with Crippen LogP contribution in [0.2, 0.25) is 0 Å².